The van der Waals surface area contributed by atoms with Crippen molar-refractivity contribution >= 4 is 11.8 Å². The molecule has 2 amide bonds. The van der Waals surface area contributed by atoms with Gasteiger partial charge < -0.3 is 5.11 Å². The average molecular weight is 185 g/mol. The molecular formula is C9H15NO3. The molecule has 1 unspecified atom stereocenters. The maximum absolute atomic E-state index is 11.2. The SMILES string of the molecule is CC(CCO)CN1C(=O)CCC1=O. The van der Waals surface area contributed by atoms with Crippen LogP contribution in [0.25, 0.3) is 0 Å². The molecule has 0 radical (unpaired) electrons. The Kier molecular flexibility index (Phi) is 3.42. The molecule has 0 spiro atoms. The molecule has 0 bridgehead atoms. The summed E-state index contributed by atoms with van der Waals surface area (Å²) in [4.78, 5) is 23.6. The minimum atomic E-state index is -0.0743. The number of carbonyl (C=O) groups is 2. The first-order chi connectivity index (χ1) is 6.15. The van der Waals surface area contributed by atoms with Crippen LogP contribution in [0.5, 0.6) is 0 Å². The Bertz CT molecular complexity index is 199. The summed E-state index contributed by atoms with van der Waals surface area (Å²) in [7, 11) is 0. The number of likely N-dealkylation sites (tertiary alicyclic amines) is 1. The lowest BCUT2D eigenvalue weighted by Crippen LogP contribution is -2.33. The molecule has 1 N–H and O–H groups in total. The number of aliphatic hydroxyl groups is 1. The largest absolute Gasteiger partial charge is 0.396 e. The molecule has 1 aliphatic rings. The van der Waals surface area contributed by atoms with Gasteiger partial charge in [-0.05, 0) is 12.3 Å². The third kappa shape index (κ3) is 2.52. The van der Waals surface area contributed by atoms with Gasteiger partial charge in [-0.15, -0.1) is 0 Å². The Morgan fingerprint density at radius 2 is 1.92 bits per heavy atom. The molecule has 0 aromatic heterocycles. The standard InChI is InChI=1S/C9H15NO3/c1-7(4-5-11)6-10-8(12)2-3-9(10)13/h7,11H,2-6H2,1H3. The maximum atomic E-state index is 11.2. The van der Waals surface area contributed by atoms with Crippen molar-refractivity contribution in [3.05, 3.63) is 0 Å². The molecule has 4 heteroatoms. The van der Waals surface area contributed by atoms with E-state index in [1.165, 1.54) is 4.90 Å². The highest BCUT2D eigenvalue weighted by Crippen LogP contribution is 2.14. The van der Waals surface area contributed by atoms with E-state index in [9.17, 15) is 9.59 Å². The van der Waals surface area contributed by atoms with Crippen molar-refractivity contribution in [2.24, 2.45) is 5.92 Å². The van der Waals surface area contributed by atoms with E-state index < -0.39 is 0 Å². The van der Waals surface area contributed by atoms with Crippen LogP contribution in [0.1, 0.15) is 26.2 Å². The third-order valence-electron chi connectivity index (χ3n) is 2.27. The molecule has 74 valence electrons. The van der Waals surface area contributed by atoms with Gasteiger partial charge in [0.2, 0.25) is 11.8 Å². The number of imide groups is 1. The fraction of sp³-hybridized carbons (Fsp3) is 0.778. The Morgan fingerprint density at radius 3 is 2.38 bits per heavy atom. The van der Waals surface area contributed by atoms with Crippen LogP contribution in [0.15, 0.2) is 0 Å². The smallest absolute Gasteiger partial charge is 0.229 e. The zero-order chi connectivity index (χ0) is 9.84. The van der Waals surface area contributed by atoms with E-state index >= 15 is 0 Å². The summed E-state index contributed by atoms with van der Waals surface area (Å²) in [5.41, 5.74) is 0. The lowest BCUT2D eigenvalue weighted by molar-refractivity contribution is -0.139. The van der Waals surface area contributed by atoms with Crippen molar-refractivity contribution in [2.45, 2.75) is 26.2 Å². The molecule has 0 aromatic rings. The molecule has 1 rings (SSSR count). The number of nitrogens with zero attached hydrogens (tertiary/aromatic N) is 1. The number of rotatable bonds is 4. The molecule has 1 heterocycles. The van der Waals surface area contributed by atoms with Crippen LogP contribution < -0.4 is 0 Å². The highest BCUT2D eigenvalue weighted by Gasteiger charge is 2.29. The van der Waals surface area contributed by atoms with Gasteiger partial charge >= 0.3 is 0 Å². The van der Waals surface area contributed by atoms with Gasteiger partial charge in [0.05, 0.1) is 0 Å². The fourth-order valence-corrected chi connectivity index (χ4v) is 1.45. The lowest BCUT2D eigenvalue weighted by Gasteiger charge is -2.18. The van der Waals surface area contributed by atoms with E-state index in [0.717, 1.165) is 0 Å². The van der Waals surface area contributed by atoms with Crippen molar-refractivity contribution in [1.82, 2.24) is 4.90 Å². The van der Waals surface area contributed by atoms with Gasteiger partial charge in [0.15, 0.2) is 0 Å². The van der Waals surface area contributed by atoms with Crippen molar-refractivity contribution in [3.63, 3.8) is 0 Å². The topological polar surface area (TPSA) is 57.6 Å². The van der Waals surface area contributed by atoms with E-state index in [0.29, 0.717) is 25.8 Å². The van der Waals surface area contributed by atoms with Crippen LogP contribution in [0, 0.1) is 5.92 Å². The van der Waals surface area contributed by atoms with Gasteiger partial charge in [-0.3, -0.25) is 14.5 Å². The molecule has 0 aromatic carbocycles. The molecule has 0 aliphatic carbocycles. The van der Waals surface area contributed by atoms with Gasteiger partial charge in [-0.2, -0.15) is 0 Å². The predicted molar refractivity (Wildman–Crippen MR) is 46.8 cm³/mol. The van der Waals surface area contributed by atoms with Crippen molar-refractivity contribution in [2.75, 3.05) is 13.2 Å². The normalized spacial score (nSPS) is 19.7. The quantitative estimate of drug-likeness (QED) is 0.634. The number of hydrogen-bond acceptors (Lipinski definition) is 3. The molecule has 4 nitrogen and oxygen atoms in total. The molecular weight excluding hydrogens is 170 g/mol. The molecule has 13 heavy (non-hydrogen) atoms. The molecule has 1 saturated heterocycles. The number of aliphatic hydroxyl groups excluding tert-OH is 1. The lowest BCUT2D eigenvalue weighted by atomic mass is 10.1. The van der Waals surface area contributed by atoms with Crippen LogP contribution in [0.4, 0.5) is 0 Å². The zero-order valence-electron chi connectivity index (χ0n) is 7.82. The van der Waals surface area contributed by atoms with Crippen LogP contribution in [-0.2, 0) is 9.59 Å². The Hall–Kier alpha value is -0.900. The summed E-state index contributed by atoms with van der Waals surface area (Å²) in [6.45, 7) is 2.49. The molecule has 0 saturated carbocycles. The summed E-state index contributed by atoms with van der Waals surface area (Å²) < 4.78 is 0. The van der Waals surface area contributed by atoms with Gasteiger partial charge in [0, 0.05) is 26.0 Å². The van der Waals surface area contributed by atoms with Crippen molar-refractivity contribution in [1.29, 1.82) is 0 Å². The minimum Gasteiger partial charge on any atom is -0.396 e. The monoisotopic (exact) mass is 185 g/mol. The first kappa shape index (κ1) is 10.2. The van der Waals surface area contributed by atoms with Crippen molar-refractivity contribution in [3.8, 4) is 0 Å². The molecule has 1 fully saturated rings. The van der Waals surface area contributed by atoms with E-state index in [-0.39, 0.29) is 24.3 Å². The first-order valence-electron chi connectivity index (χ1n) is 4.59. The van der Waals surface area contributed by atoms with Gasteiger partial charge in [-0.1, -0.05) is 6.92 Å². The third-order valence-corrected chi connectivity index (χ3v) is 2.27. The zero-order valence-corrected chi connectivity index (χ0v) is 7.82. The first-order valence-corrected chi connectivity index (χ1v) is 4.59. The Labute approximate surface area is 77.5 Å². The second kappa shape index (κ2) is 4.37. The Morgan fingerprint density at radius 1 is 1.38 bits per heavy atom. The summed E-state index contributed by atoms with van der Waals surface area (Å²) in [6, 6.07) is 0. The van der Waals surface area contributed by atoms with E-state index in [2.05, 4.69) is 0 Å². The van der Waals surface area contributed by atoms with Gasteiger partial charge in [0.25, 0.3) is 0 Å². The van der Waals surface area contributed by atoms with E-state index in [1.807, 2.05) is 6.92 Å². The molecule has 1 aliphatic heterocycles. The number of hydrogen-bond donors (Lipinski definition) is 1. The highest BCUT2D eigenvalue weighted by atomic mass is 16.3. The van der Waals surface area contributed by atoms with Gasteiger partial charge in [0.1, 0.15) is 0 Å². The highest BCUT2D eigenvalue weighted by molar-refractivity contribution is 6.01. The minimum absolute atomic E-state index is 0.0743. The summed E-state index contributed by atoms with van der Waals surface area (Å²) in [6.07, 6.45) is 1.34. The van der Waals surface area contributed by atoms with Crippen molar-refractivity contribution < 1.29 is 14.7 Å². The fourth-order valence-electron chi connectivity index (χ4n) is 1.45. The van der Waals surface area contributed by atoms with Crippen LogP contribution in [0.2, 0.25) is 0 Å². The summed E-state index contributed by atoms with van der Waals surface area (Å²) in [5.74, 6) is 0.0422. The Balaban J connectivity index is 2.43. The van der Waals surface area contributed by atoms with Crippen LogP contribution >= 0.6 is 0 Å². The van der Waals surface area contributed by atoms with Crippen LogP contribution in [0.3, 0.4) is 0 Å². The van der Waals surface area contributed by atoms with Crippen LogP contribution in [-0.4, -0.2) is 35.0 Å². The van der Waals surface area contributed by atoms with Gasteiger partial charge in [-0.25, -0.2) is 0 Å². The molecule has 1 atom stereocenters. The second-order valence-corrected chi connectivity index (χ2v) is 3.52. The summed E-state index contributed by atoms with van der Waals surface area (Å²) in [5, 5.41) is 8.65. The predicted octanol–water partition coefficient (Wildman–Crippen LogP) is 0.154. The second-order valence-electron chi connectivity index (χ2n) is 3.52. The summed E-state index contributed by atoms with van der Waals surface area (Å²) >= 11 is 0. The van der Waals surface area contributed by atoms with E-state index in [1.54, 1.807) is 0 Å². The number of carbonyl (C=O) groups excluding carboxylic acids is 2. The maximum Gasteiger partial charge on any atom is 0.229 e. The van der Waals surface area contributed by atoms with E-state index in [4.69, 9.17) is 5.11 Å². The average Bonchev–Trinajstić information content (AvgIpc) is 2.36. The number of amides is 2.